The Morgan fingerprint density at radius 3 is 2.46 bits per heavy atom. The molecule has 0 saturated carbocycles. The predicted molar refractivity (Wildman–Crippen MR) is 109 cm³/mol. The summed E-state index contributed by atoms with van der Waals surface area (Å²) in [6, 6.07) is 13.1. The maximum Gasteiger partial charge on any atom is 0.260 e. The summed E-state index contributed by atoms with van der Waals surface area (Å²) < 4.78 is 23.5. The minimum atomic E-state index is -0.376. The van der Waals surface area contributed by atoms with Gasteiger partial charge in [-0.3, -0.25) is 9.69 Å². The van der Waals surface area contributed by atoms with Crippen molar-refractivity contribution in [1.82, 2.24) is 4.98 Å². The lowest BCUT2D eigenvalue weighted by Crippen LogP contribution is -2.32. The van der Waals surface area contributed by atoms with Crippen molar-refractivity contribution < 1.29 is 18.7 Å². The fourth-order valence-corrected chi connectivity index (χ4v) is 3.54. The van der Waals surface area contributed by atoms with Crippen molar-refractivity contribution in [2.45, 2.75) is 6.42 Å². The van der Waals surface area contributed by atoms with Gasteiger partial charge in [0.25, 0.3) is 5.91 Å². The molecule has 0 bridgehead atoms. The highest BCUT2D eigenvalue weighted by atomic mass is 32.1. The molecule has 7 heteroatoms. The second-order valence-corrected chi connectivity index (χ2v) is 6.89. The molecule has 3 aromatic rings. The highest BCUT2D eigenvalue weighted by Crippen LogP contribution is 2.29. The van der Waals surface area contributed by atoms with Crippen LogP contribution in [0.3, 0.4) is 0 Å². The molecular formula is C21H21FN2O3S. The number of amides is 1. The molecule has 1 aromatic heterocycles. The number of nitrogens with zero attached hydrogens (tertiary/aromatic N) is 2. The summed E-state index contributed by atoms with van der Waals surface area (Å²) in [5, 5.41) is 2.51. The number of methoxy groups -OCH3 is 2. The lowest BCUT2D eigenvalue weighted by atomic mass is 10.2. The number of aromatic nitrogens is 1. The number of halogens is 1. The van der Waals surface area contributed by atoms with Crippen LogP contribution in [0.25, 0.3) is 11.3 Å². The van der Waals surface area contributed by atoms with Crippen molar-refractivity contribution >= 4 is 22.4 Å². The molecule has 2 aromatic carbocycles. The Hall–Kier alpha value is -2.77. The number of carbonyl (C=O) groups excluding carboxylic acids is 1. The molecule has 0 aliphatic carbocycles. The normalized spacial score (nSPS) is 10.7. The van der Waals surface area contributed by atoms with Crippen molar-refractivity contribution in [2.75, 3.05) is 32.3 Å². The van der Waals surface area contributed by atoms with Gasteiger partial charge in [-0.05, 0) is 55.0 Å². The number of benzene rings is 2. The van der Waals surface area contributed by atoms with E-state index in [9.17, 15) is 9.18 Å². The number of thiazole rings is 1. The van der Waals surface area contributed by atoms with Gasteiger partial charge in [-0.1, -0.05) is 0 Å². The smallest absolute Gasteiger partial charge is 0.260 e. The van der Waals surface area contributed by atoms with Crippen LogP contribution in [-0.2, 0) is 4.74 Å². The van der Waals surface area contributed by atoms with Gasteiger partial charge in [0.15, 0.2) is 5.13 Å². The minimum Gasteiger partial charge on any atom is -0.497 e. The van der Waals surface area contributed by atoms with Gasteiger partial charge >= 0.3 is 0 Å². The fourth-order valence-electron chi connectivity index (χ4n) is 2.68. The number of carbonyl (C=O) groups is 1. The fraction of sp³-hybridized carbons (Fsp3) is 0.238. The van der Waals surface area contributed by atoms with Gasteiger partial charge < -0.3 is 9.47 Å². The first kappa shape index (κ1) is 20.0. The third-order valence-electron chi connectivity index (χ3n) is 4.18. The first-order valence-corrected chi connectivity index (χ1v) is 9.66. The third-order valence-corrected chi connectivity index (χ3v) is 5.04. The van der Waals surface area contributed by atoms with Crippen molar-refractivity contribution in [1.29, 1.82) is 0 Å². The third kappa shape index (κ3) is 4.74. The van der Waals surface area contributed by atoms with Crippen molar-refractivity contribution in [3.63, 3.8) is 0 Å². The Kier molecular flexibility index (Phi) is 6.73. The monoisotopic (exact) mass is 400 g/mol. The van der Waals surface area contributed by atoms with Crippen LogP contribution in [0.15, 0.2) is 53.9 Å². The molecule has 0 atom stereocenters. The molecule has 0 N–H and O–H groups in total. The molecule has 5 nitrogen and oxygen atoms in total. The van der Waals surface area contributed by atoms with Crippen LogP contribution in [0.4, 0.5) is 9.52 Å². The van der Waals surface area contributed by atoms with E-state index in [0.29, 0.717) is 30.3 Å². The van der Waals surface area contributed by atoms with E-state index in [-0.39, 0.29) is 11.7 Å². The predicted octanol–water partition coefficient (Wildman–Crippen LogP) is 4.64. The number of hydrogen-bond donors (Lipinski definition) is 0. The summed E-state index contributed by atoms with van der Waals surface area (Å²) in [5.74, 6) is 0.178. The van der Waals surface area contributed by atoms with Gasteiger partial charge in [-0.25, -0.2) is 9.37 Å². The highest BCUT2D eigenvalue weighted by molar-refractivity contribution is 7.14. The number of hydrogen-bond acceptors (Lipinski definition) is 5. The standard InChI is InChI=1S/C21H21FN2O3S/c1-26-13-3-12-24(20(25)16-4-8-17(22)9-5-16)21-23-19(14-28-21)15-6-10-18(27-2)11-7-15/h4-11,14H,3,12-13H2,1-2H3. The first-order valence-electron chi connectivity index (χ1n) is 8.78. The molecule has 0 aliphatic rings. The van der Waals surface area contributed by atoms with E-state index in [1.807, 2.05) is 29.6 Å². The zero-order chi connectivity index (χ0) is 19.9. The zero-order valence-electron chi connectivity index (χ0n) is 15.7. The first-order chi connectivity index (χ1) is 13.6. The lowest BCUT2D eigenvalue weighted by Gasteiger charge is -2.20. The average molecular weight is 400 g/mol. The Morgan fingerprint density at radius 1 is 1.11 bits per heavy atom. The Balaban J connectivity index is 1.86. The average Bonchev–Trinajstić information content (AvgIpc) is 3.21. The van der Waals surface area contributed by atoms with Crippen LogP contribution < -0.4 is 9.64 Å². The van der Waals surface area contributed by atoms with E-state index in [4.69, 9.17) is 9.47 Å². The van der Waals surface area contributed by atoms with Gasteiger partial charge in [0, 0.05) is 36.8 Å². The Morgan fingerprint density at radius 2 is 1.82 bits per heavy atom. The molecule has 0 fully saturated rings. The largest absolute Gasteiger partial charge is 0.497 e. The van der Waals surface area contributed by atoms with Crippen LogP contribution in [0.2, 0.25) is 0 Å². The molecule has 0 aliphatic heterocycles. The van der Waals surface area contributed by atoms with Crippen LogP contribution in [0.5, 0.6) is 5.75 Å². The van der Waals surface area contributed by atoms with Gasteiger partial charge in [-0.2, -0.15) is 0 Å². The lowest BCUT2D eigenvalue weighted by molar-refractivity contribution is 0.0983. The summed E-state index contributed by atoms with van der Waals surface area (Å²) in [7, 11) is 3.24. The Labute approximate surface area is 167 Å². The van der Waals surface area contributed by atoms with Crippen LogP contribution in [-0.4, -0.2) is 38.3 Å². The van der Waals surface area contributed by atoms with E-state index < -0.39 is 0 Å². The quantitative estimate of drug-likeness (QED) is 0.517. The number of anilines is 1. The molecule has 1 heterocycles. The zero-order valence-corrected chi connectivity index (χ0v) is 16.5. The maximum atomic E-state index is 13.2. The van der Waals surface area contributed by atoms with E-state index in [1.165, 1.54) is 35.6 Å². The maximum absolute atomic E-state index is 13.2. The summed E-state index contributed by atoms with van der Waals surface area (Å²) in [6.45, 7) is 0.990. The molecule has 146 valence electrons. The second kappa shape index (κ2) is 9.43. The topological polar surface area (TPSA) is 51.7 Å². The summed E-state index contributed by atoms with van der Waals surface area (Å²) in [5.41, 5.74) is 2.14. The van der Waals surface area contributed by atoms with Crippen molar-refractivity contribution in [3.8, 4) is 17.0 Å². The molecule has 0 radical (unpaired) electrons. The number of rotatable bonds is 8. The van der Waals surface area contributed by atoms with Gasteiger partial charge in [0.2, 0.25) is 0 Å². The number of ether oxygens (including phenoxy) is 2. The summed E-state index contributed by atoms with van der Waals surface area (Å²) >= 11 is 1.39. The molecule has 1 amide bonds. The SMILES string of the molecule is COCCCN(C(=O)c1ccc(F)cc1)c1nc(-c2ccc(OC)cc2)cs1. The van der Waals surface area contributed by atoms with Gasteiger partial charge in [-0.15, -0.1) is 11.3 Å². The molecule has 3 rings (SSSR count). The van der Waals surface area contributed by atoms with Crippen molar-refractivity contribution in [3.05, 3.63) is 65.3 Å². The van der Waals surface area contributed by atoms with E-state index >= 15 is 0 Å². The molecule has 28 heavy (non-hydrogen) atoms. The van der Waals surface area contributed by atoms with Crippen molar-refractivity contribution in [2.24, 2.45) is 0 Å². The molecule has 0 saturated heterocycles. The van der Waals surface area contributed by atoms with E-state index in [1.54, 1.807) is 19.1 Å². The summed E-state index contributed by atoms with van der Waals surface area (Å²) in [6.07, 6.45) is 0.668. The van der Waals surface area contributed by atoms with Crippen LogP contribution >= 0.6 is 11.3 Å². The van der Waals surface area contributed by atoms with Gasteiger partial charge in [0.1, 0.15) is 11.6 Å². The Bertz CT molecular complexity index is 910. The summed E-state index contributed by atoms with van der Waals surface area (Å²) in [4.78, 5) is 19.3. The molecular weight excluding hydrogens is 379 g/mol. The second-order valence-electron chi connectivity index (χ2n) is 6.05. The highest BCUT2D eigenvalue weighted by Gasteiger charge is 2.21. The van der Waals surface area contributed by atoms with Gasteiger partial charge in [0.05, 0.1) is 12.8 Å². The molecule has 0 unspecified atom stereocenters. The van der Waals surface area contributed by atoms with Crippen LogP contribution in [0.1, 0.15) is 16.8 Å². The minimum absolute atomic E-state index is 0.216. The van der Waals surface area contributed by atoms with E-state index in [2.05, 4.69) is 4.98 Å². The van der Waals surface area contributed by atoms with E-state index in [0.717, 1.165) is 17.0 Å². The molecule has 0 spiro atoms. The van der Waals surface area contributed by atoms with Crippen LogP contribution in [0, 0.1) is 5.82 Å².